The van der Waals surface area contributed by atoms with Gasteiger partial charge in [-0.15, -0.1) is 0 Å². The molecule has 1 heterocycles. The third kappa shape index (κ3) is 3.32. The minimum absolute atomic E-state index is 0.207. The van der Waals surface area contributed by atoms with Crippen LogP contribution in [-0.2, 0) is 0 Å². The number of rotatable bonds is 4. The van der Waals surface area contributed by atoms with Crippen molar-refractivity contribution in [2.75, 3.05) is 0 Å². The zero-order valence-corrected chi connectivity index (χ0v) is 13.3. The molecule has 6 heteroatoms. The summed E-state index contributed by atoms with van der Waals surface area (Å²) in [4.78, 5) is 16.6. The highest BCUT2D eigenvalue weighted by atomic mass is 19.1. The second-order valence-corrected chi connectivity index (χ2v) is 5.47. The van der Waals surface area contributed by atoms with Crippen LogP contribution in [0.5, 0.6) is 0 Å². The largest absolute Gasteiger partial charge is 0.340 e. The second kappa shape index (κ2) is 6.62. The van der Waals surface area contributed by atoms with E-state index in [1.807, 2.05) is 19.1 Å². The first-order chi connectivity index (χ1) is 11.5. The van der Waals surface area contributed by atoms with Gasteiger partial charge in [-0.2, -0.15) is 4.98 Å². The van der Waals surface area contributed by atoms with Gasteiger partial charge in [0, 0.05) is 18.1 Å². The Hall–Kier alpha value is -3.02. The van der Waals surface area contributed by atoms with Gasteiger partial charge in [-0.25, -0.2) is 4.39 Å². The molecule has 3 aromatic rings. The molecule has 0 aliphatic rings. The Balaban J connectivity index is 1.95. The summed E-state index contributed by atoms with van der Waals surface area (Å²) in [5.41, 5.74) is 1.80. The maximum Gasteiger partial charge on any atom is 0.252 e. The number of carbonyl (C=O) groups excluding carboxylic acids is 1. The summed E-state index contributed by atoms with van der Waals surface area (Å²) in [5, 5.41) is 6.60. The molecule has 5 nitrogen and oxygen atoms in total. The summed E-state index contributed by atoms with van der Waals surface area (Å²) in [6.07, 6.45) is 0. The monoisotopic (exact) mass is 325 g/mol. The molecule has 1 atom stereocenters. The van der Waals surface area contributed by atoms with Crippen LogP contribution in [0, 0.1) is 19.7 Å². The highest BCUT2D eigenvalue weighted by Gasteiger charge is 2.25. The van der Waals surface area contributed by atoms with Gasteiger partial charge in [0.1, 0.15) is 11.9 Å². The summed E-state index contributed by atoms with van der Waals surface area (Å²) >= 11 is 0. The molecular formula is C18H16FN3O2. The first-order valence-electron chi connectivity index (χ1n) is 7.47. The fourth-order valence-electron chi connectivity index (χ4n) is 2.34. The van der Waals surface area contributed by atoms with Crippen molar-refractivity contribution in [3.8, 4) is 0 Å². The minimum Gasteiger partial charge on any atom is -0.340 e. The summed E-state index contributed by atoms with van der Waals surface area (Å²) < 4.78 is 19.2. The lowest BCUT2D eigenvalue weighted by atomic mass is 10.0. The number of halogens is 1. The van der Waals surface area contributed by atoms with E-state index in [0.29, 0.717) is 11.5 Å². The predicted octanol–water partition coefficient (Wildman–Crippen LogP) is 3.34. The molecule has 0 saturated heterocycles. The van der Waals surface area contributed by atoms with Crippen molar-refractivity contribution in [2.24, 2.45) is 0 Å². The zero-order valence-electron chi connectivity index (χ0n) is 13.3. The molecule has 1 aromatic heterocycles. The van der Waals surface area contributed by atoms with Crippen LogP contribution in [0.3, 0.4) is 0 Å². The smallest absolute Gasteiger partial charge is 0.252 e. The molecule has 0 unspecified atom stereocenters. The molecule has 24 heavy (non-hydrogen) atoms. The lowest BCUT2D eigenvalue weighted by Gasteiger charge is -2.16. The van der Waals surface area contributed by atoms with E-state index in [1.165, 1.54) is 6.07 Å². The average Bonchev–Trinajstić information content (AvgIpc) is 3.00. The van der Waals surface area contributed by atoms with E-state index in [1.54, 1.807) is 37.3 Å². The number of carbonyl (C=O) groups is 1. The SMILES string of the molecule is Cc1ccc(C(=O)N[C@@H](c2noc(C)n2)c2ccccc2F)cc1. The standard InChI is InChI=1S/C18H16FN3O2/c1-11-7-9-13(10-8-11)18(23)21-16(17-20-12(2)24-22-17)14-5-3-4-6-15(14)19/h3-10,16H,1-2H3,(H,21,23)/t16-/m1/s1. The predicted molar refractivity (Wildman–Crippen MR) is 85.9 cm³/mol. The Morgan fingerprint density at radius 2 is 1.83 bits per heavy atom. The summed E-state index contributed by atoms with van der Waals surface area (Å²) in [6.45, 7) is 3.57. The minimum atomic E-state index is -0.836. The average molecular weight is 325 g/mol. The van der Waals surface area contributed by atoms with Crippen LogP contribution < -0.4 is 5.32 Å². The van der Waals surface area contributed by atoms with Gasteiger partial charge in [-0.1, -0.05) is 41.1 Å². The molecule has 1 amide bonds. The van der Waals surface area contributed by atoms with E-state index >= 15 is 0 Å². The second-order valence-electron chi connectivity index (χ2n) is 5.47. The first kappa shape index (κ1) is 15.9. The van der Waals surface area contributed by atoms with Gasteiger partial charge in [0.15, 0.2) is 5.82 Å². The molecule has 0 fully saturated rings. The van der Waals surface area contributed by atoms with E-state index in [0.717, 1.165) is 5.56 Å². The molecule has 0 aliphatic heterocycles. The first-order valence-corrected chi connectivity index (χ1v) is 7.47. The molecule has 0 radical (unpaired) electrons. The van der Waals surface area contributed by atoms with Gasteiger partial charge in [0.2, 0.25) is 5.89 Å². The fourth-order valence-corrected chi connectivity index (χ4v) is 2.34. The van der Waals surface area contributed by atoms with E-state index in [4.69, 9.17) is 4.52 Å². The van der Waals surface area contributed by atoms with Crippen LogP contribution in [-0.4, -0.2) is 16.0 Å². The van der Waals surface area contributed by atoms with Gasteiger partial charge >= 0.3 is 0 Å². The van der Waals surface area contributed by atoms with E-state index < -0.39 is 11.9 Å². The molecule has 0 bridgehead atoms. The van der Waals surface area contributed by atoms with Gasteiger partial charge in [0.25, 0.3) is 5.91 Å². The van der Waals surface area contributed by atoms with Crippen molar-refractivity contribution in [1.29, 1.82) is 0 Å². The Morgan fingerprint density at radius 3 is 2.46 bits per heavy atom. The molecule has 3 rings (SSSR count). The molecule has 1 N–H and O–H groups in total. The summed E-state index contributed by atoms with van der Waals surface area (Å²) in [5.74, 6) is -0.242. The zero-order chi connectivity index (χ0) is 17.1. The normalized spacial score (nSPS) is 12.0. The quantitative estimate of drug-likeness (QED) is 0.799. The van der Waals surface area contributed by atoms with Gasteiger partial charge < -0.3 is 9.84 Å². The van der Waals surface area contributed by atoms with Gasteiger partial charge in [-0.3, -0.25) is 4.79 Å². The molecular weight excluding hydrogens is 309 g/mol. The van der Waals surface area contributed by atoms with Crippen molar-refractivity contribution in [3.63, 3.8) is 0 Å². The van der Waals surface area contributed by atoms with Crippen LogP contribution >= 0.6 is 0 Å². The number of hydrogen-bond acceptors (Lipinski definition) is 4. The third-order valence-electron chi connectivity index (χ3n) is 3.61. The number of aryl methyl sites for hydroxylation is 2. The molecule has 122 valence electrons. The Labute approximate surface area is 138 Å². The van der Waals surface area contributed by atoms with Crippen molar-refractivity contribution in [1.82, 2.24) is 15.5 Å². The molecule has 0 saturated carbocycles. The lowest BCUT2D eigenvalue weighted by molar-refractivity contribution is 0.0940. The van der Waals surface area contributed by atoms with Crippen LogP contribution in [0.15, 0.2) is 53.1 Å². The third-order valence-corrected chi connectivity index (χ3v) is 3.61. The Morgan fingerprint density at radius 1 is 1.12 bits per heavy atom. The van der Waals surface area contributed by atoms with E-state index in [2.05, 4.69) is 15.5 Å². The van der Waals surface area contributed by atoms with Crippen molar-refractivity contribution >= 4 is 5.91 Å². The maximum absolute atomic E-state index is 14.2. The van der Waals surface area contributed by atoms with E-state index in [-0.39, 0.29) is 17.3 Å². The summed E-state index contributed by atoms with van der Waals surface area (Å²) in [6, 6.07) is 12.5. The number of aromatic nitrogens is 2. The highest BCUT2D eigenvalue weighted by molar-refractivity contribution is 5.94. The number of nitrogens with one attached hydrogen (secondary N) is 1. The maximum atomic E-state index is 14.2. The van der Waals surface area contributed by atoms with Crippen LogP contribution in [0.25, 0.3) is 0 Å². The fraction of sp³-hybridized carbons (Fsp3) is 0.167. The number of hydrogen-bond donors (Lipinski definition) is 1. The topological polar surface area (TPSA) is 68.0 Å². The van der Waals surface area contributed by atoms with Gasteiger partial charge in [-0.05, 0) is 25.1 Å². The number of benzene rings is 2. The molecule has 0 aliphatic carbocycles. The number of amides is 1. The Kier molecular flexibility index (Phi) is 4.37. The Bertz CT molecular complexity index is 859. The van der Waals surface area contributed by atoms with Crippen LogP contribution in [0.2, 0.25) is 0 Å². The summed E-state index contributed by atoms with van der Waals surface area (Å²) in [7, 11) is 0. The highest BCUT2D eigenvalue weighted by Crippen LogP contribution is 2.23. The molecule has 0 spiro atoms. The number of nitrogens with zero attached hydrogens (tertiary/aromatic N) is 2. The van der Waals surface area contributed by atoms with Crippen molar-refractivity contribution in [3.05, 3.63) is 82.8 Å². The van der Waals surface area contributed by atoms with Crippen molar-refractivity contribution < 1.29 is 13.7 Å². The van der Waals surface area contributed by atoms with Gasteiger partial charge in [0.05, 0.1) is 0 Å². The lowest BCUT2D eigenvalue weighted by Crippen LogP contribution is -2.30. The van der Waals surface area contributed by atoms with Crippen LogP contribution in [0.4, 0.5) is 4.39 Å². The van der Waals surface area contributed by atoms with E-state index in [9.17, 15) is 9.18 Å². The van der Waals surface area contributed by atoms with Crippen LogP contribution in [0.1, 0.15) is 39.2 Å². The molecule has 2 aromatic carbocycles. The van der Waals surface area contributed by atoms with Crippen molar-refractivity contribution in [2.45, 2.75) is 19.9 Å².